The molecule has 0 radical (unpaired) electrons. The molecule has 1 aromatic carbocycles. The number of aliphatic hydroxyl groups excluding tert-OH is 2. The molecule has 2 aromatic rings. The molecule has 2 unspecified atom stereocenters. The van der Waals surface area contributed by atoms with Gasteiger partial charge in [-0.05, 0) is 37.6 Å². The molecule has 2 atom stereocenters. The summed E-state index contributed by atoms with van der Waals surface area (Å²) in [5.74, 6) is 0. The lowest BCUT2D eigenvalue weighted by atomic mass is 10.1. The molecule has 0 amide bonds. The quantitative estimate of drug-likeness (QED) is 0.480. The molecule has 8 heteroatoms. The number of hydrogen-bond acceptors (Lipinski definition) is 3. The van der Waals surface area contributed by atoms with Crippen molar-refractivity contribution in [2.45, 2.75) is 26.1 Å². The Morgan fingerprint density at radius 1 is 1.30 bits per heavy atom. The molecule has 1 aromatic heterocycles. The van der Waals surface area contributed by atoms with Gasteiger partial charge in [0.15, 0.2) is 0 Å². The number of aryl methyl sites for hydroxylation is 1. The van der Waals surface area contributed by atoms with Crippen LogP contribution in [0.25, 0.3) is 16.1 Å². The van der Waals surface area contributed by atoms with Gasteiger partial charge in [0.05, 0.1) is 28.4 Å². The second-order valence-corrected chi connectivity index (χ2v) is 5.95. The van der Waals surface area contributed by atoms with Crippen molar-refractivity contribution in [1.29, 1.82) is 0 Å². The Labute approximate surface area is 143 Å². The maximum Gasteiger partial charge on any atom is 0.107 e. The lowest BCUT2D eigenvalue weighted by Gasteiger charge is -2.17. The lowest BCUT2D eigenvalue weighted by molar-refractivity contribution is 0.0240. The summed E-state index contributed by atoms with van der Waals surface area (Å²) < 4.78 is 1.85. The average molecular weight is 355 g/mol. The third-order valence-electron chi connectivity index (χ3n) is 3.66. The minimum atomic E-state index is -1.19. The first-order valence-electron chi connectivity index (χ1n) is 6.88. The second kappa shape index (κ2) is 7.25. The van der Waals surface area contributed by atoms with E-state index in [-0.39, 0.29) is 6.54 Å². The smallest absolute Gasteiger partial charge is 0.107 e. The first-order chi connectivity index (χ1) is 10.9. The zero-order valence-electron chi connectivity index (χ0n) is 12.6. The van der Waals surface area contributed by atoms with Crippen LogP contribution in [0.15, 0.2) is 29.4 Å². The molecule has 0 saturated carbocycles. The largest absolute Gasteiger partial charge is 0.390 e. The highest BCUT2D eigenvalue weighted by Crippen LogP contribution is 2.33. The van der Waals surface area contributed by atoms with Gasteiger partial charge in [-0.2, -0.15) is 0 Å². The van der Waals surface area contributed by atoms with Gasteiger partial charge in [0.1, 0.15) is 6.10 Å². The lowest BCUT2D eigenvalue weighted by Crippen LogP contribution is -2.21. The number of nitrogens with zero attached hydrogens (tertiary/aromatic N) is 4. The first-order valence-corrected chi connectivity index (χ1v) is 7.64. The number of benzene rings is 1. The van der Waals surface area contributed by atoms with E-state index in [0.29, 0.717) is 21.3 Å². The minimum Gasteiger partial charge on any atom is -0.390 e. The van der Waals surface area contributed by atoms with Crippen molar-refractivity contribution in [2.75, 3.05) is 6.54 Å². The Morgan fingerprint density at radius 2 is 2.00 bits per heavy atom. The van der Waals surface area contributed by atoms with Crippen molar-refractivity contribution < 1.29 is 10.2 Å². The predicted molar refractivity (Wildman–Crippen MR) is 90.2 cm³/mol. The fourth-order valence-corrected chi connectivity index (χ4v) is 2.93. The van der Waals surface area contributed by atoms with Crippen LogP contribution in [-0.2, 0) is 0 Å². The van der Waals surface area contributed by atoms with Crippen molar-refractivity contribution in [3.05, 3.63) is 61.7 Å². The predicted octanol–water partition coefficient (Wildman–Crippen LogP) is 4.11. The molecule has 0 aliphatic rings. The van der Waals surface area contributed by atoms with E-state index < -0.39 is 12.2 Å². The summed E-state index contributed by atoms with van der Waals surface area (Å²) in [5.41, 5.74) is 11.1. The molecule has 0 aliphatic carbocycles. The van der Waals surface area contributed by atoms with Crippen molar-refractivity contribution in [3.63, 3.8) is 0 Å². The molecule has 6 nitrogen and oxygen atoms in total. The monoisotopic (exact) mass is 354 g/mol. The normalized spacial score (nSPS) is 13.5. The van der Waals surface area contributed by atoms with Crippen LogP contribution < -0.4 is 0 Å². The van der Waals surface area contributed by atoms with Crippen LogP contribution in [0.3, 0.4) is 0 Å². The highest BCUT2D eigenvalue weighted by atomic mass is 35.5. The van der Waals surface area contributed by atoms with Gasteiger partial charge in [-0.15, -0.1) is 0 Å². The molecule has 2 rings (SSSR count). The van der Waals surface area contributed by atoms with Crippen LogP contribution in [0.1, 0.15) is 23.1 Å². The Kier molecular flexibility index (Phi) is 5.57. The average Bonchev–Trinajstić information content (AvgIpc) is 2.82. The number of halogens is 2. The van der Waals surface area contributed by atoms with E-state index in [4.69, 9.17) is 28.7 Å². The number of rotatable bonds is 5. The Hall–Kier alpha value is -1.69. The van der Waals surface area contributed by atoms with E-state index in [0.717, 1.165) is 11.4 Å². The summed E-state index contributed by atoms with van der Waals surface area (Å²) >= 11 is 12.3. The first kappa shape index (κ1) is 17.7. The van der Waals surface area contributed by atoms with E-state index in [1.807, 2.05) is 24.5 Å². The van der Waals surface area contributed by atoms with Crippen molar-refractivity contribution >= 4 is 23.2 Å². The molecule has 0 fully saturated rings. The summed E-state index contributed by atoms with van der Waals surface area (Å²) in [7, 11) is 0. The van der Waals surface area contributed by atoms with Gasteiger partial charge in [0.2, 0.25) is 0 Å². The Bertz CT molecular complexity index is 769. The highest BCUT2D eigenvalue weighted by Gasteiger charge is 2.24. The van der Waals surface area contributed by atoms with Crippen LogP contribution in [0.4, 0.5) is 0 Å². The molecule has 122 valence electrons. The van der Waals surface area contributed by atoms with Crippen molar-refractivity contribution in [3.8, 4) is 5.69 Å². The Balaban J connectivity index is 2.48. The van der Waals surface area contributed by atoms with Gasteiger partial charge in [-0.1, -0.05) is 34.4 Å². The summed E-state index contributed by atoms with van der Waals surface area (Å²) in [6.45, 7) is 3.46. The maximum atomic E-state index is 10.3. The van der Waals surface area contributed by atoms with Gasteiger partial charge in [0.25, 0.3) is 0 Å². The van der Waals surface area contributed by atoms with Crippen LogP contribution >= 0.6 is 23.2 Å². The molecule has 1 heterocycles. The third-order valence-corrected chi connectivity index (χ3v) is 4.47. The Morgan fingerprint density at radius 3 is 2.65 bits per heavy atom. The van der Waals surface area contributed by atoms with E-state index in [2.05, 4.69) is 10.0 Å². The second-order valence-electron chi connectivity index (χ2n) is 5.16. The third kappa shape index (κ3) is 3.47. The maximum absolute atomic E-state index is 10.3. The van der Waals surface area contributed by atoms with Gasteiger partial charge in [0, 0.05) is 21.9 Å². The number of hydrogen-bond donors (Lipinski definition) is 2. The standard InChI is InChI=1S/C15H16Cl2N4O2/c1-8-6-10(15(23)13(22)7-19-20-18)9(2)21(8)12-5-3-4-11(16)14(12)17/h3-6,13,15,22-23H,7H2,1-2H3. The van der Waals surface area contributed by atoms with E-state index in [1.54, 1.807) is 18.2 Å². The zero-order chi connectivity index (χ0) is 17.1. The fraction of sp³-hybridized carbons (Fsp3) is 0.333. The molecule has 0 spiro atoms. The molecule has 0 saturated heterocycles. The molecule has 0 aliphatic heterocycles. The molecular weight excluding hydrogens is 339 g/mol. The topological polar surface area (TPSA) is 94.2 Å². The van der Waals surface area contributed by atoms with Crippen molar-refractivity contribution in [2.24, 2.45) is 5.11 Å². The van der Waals surface area contributed by atoms with Gasteiger partial charge in [-0.3, -0.25) is 0 Å². The van der Waals surface area contributed by atoms with E-state index >= 15 is 0 Å². The number of aromatic nitrogens is 1. The SMILES string of the molecule is Cc1cc(C(O)C(O)CN=[N+]=[N-])c(C)n1-c1cccc(Cl)c1Cl. The van der Waals surface area contributed by atoms with E-state index in [1.165, 1.54) is 0 Å². The zero-order valence-corrected chi connectivity index (χ0v) is 14.1. The van der Waals surface area contributed by atoms with Gasteiger partial charge >= 0.3 is 0 Å². The summed E-state index contributed by atoms with van der Waals surface area (Å²) in [4.78, 5) is 2.58. The van der Waals surface area contributed by atoms with Crippen LogP contribution in [0.2, 0.25) is 10.0 Å². The number of aliphatic hydroxyl groups is 2. The minimum absolute atomic E-state index is 0.209. The van der Waals surface area contributed by atoms with Crippen LogP contribution in [0, 0.1) is 13.8 Å². The number of azide groups is 1. The van der Waals surface area contributed by atoms with E-state index in [9.17, 15) is 10.2 Å². The molecule has 23 heavy (non-hydrogen) atoms. The summed E-state index contributed by atoms with van der Waals surface area (Å²) in [6, 6.07) is 7.06. The molecule has 0 bridgehead atoms. The van der Waals surface area contributed by atoms with Crippen LogP contribution in [0.5, 0.6) is 0 Å². The molecular formula is C15H16Cl2N4O2. The van der Waals surface area contributed by atoms with Crippen molar-refractivity contribution in [1.82, 2.24) is 4.57 Å². The highest BCUT2D eigenvalue weighted by molar-refractivity contribution is 6.43. The van der Waals surface area contributed by atoms with Gasteiger partial charge in [-0.25, -0.2) is 0 Å². The fourth-order valence-electron chi connectivity index (χ4n) is 2.55. The van der Waals surface area contributed by atoms with Gasteiger partial charge < -0.3 is 14.8 Å². The summed E-state index contributed by atoms with van der Waals surface area (Å²) in [6.07, 6.45) is -2.35. The molecule has 2 N–H and O–H groups in total. The summed E-state index contributed by atoms with van der Waals surface area (Å²) in [5, 5.41) is 24.4. The van der Waals surface area contributed by atoms with Crippen LogP contribution in [-0.4, -0.2) is 27.4 Å².